The first-order valence-corrected chi connectivity index (χ1v) is 5.77. The average molecular weight is 222 g/mol. The lowest BCUT2D eigenvalue weighted by Gasteiger charge is -2.33. The average Bonchev–Trinajstić information content (AvgIpc) is 2.15. The van der Waals surface area contributed by atoms with E-state index in [1.807, 2.05) is 6.07 Å². The maximum atomic E-state index is 13.1. The first kappa shape index (κ1) is 11.4. The van der Waals surface area contributed by atoms with E-state index in [1.165, 1.54) is 11.6 Å². The maximum Gasteiger partial charge on any atom is 0.125 e. The third kappa shape index (κ3) is 2.53. The van der Waals surface area contributed by atoms with E-state index in [9.17, 15) is 4.39 Å². The van der Waals surface area contributed by atoms with Gasteiger partial charge >= 0.3 is 0 Å². The molecular formula is C13H19FN2. The van der Waals surface area contributed by atoms with Crippen molar-refractivity contribution in [2.24, 2.45) is 0 Å². The molecular weight excluding hydrogens is 203 g/mol. The molecule has 2 rings (SSSR count). The zero-order chi connectivity index (χ0) is 11.8. The Morgan fingerprint density at radius 2 is 2.12 bits per heavy atom. The number of benzene rings is 1. The second-order valence-electron chi connectivity index (χ2n) is 5.39. The van der Waals surface area contributed by atoms with Crippen molar-refractivity contribution in [1.82, 2.24) is 5.32 Å². The third-order valence-corrected chi connectivity index (χ3v) is 2.75. The highest BCUT2D eigenvalue weighted by molar-refractivity contribution is 5.54. The van der Waals surface area contributed by atoms with Crippen LogP contribution in [0.15, 0.2) is 18.2 Å². The van der Waals surface area contributed by atoms with Gasteiger partial charge in [-0.2, -0.15) is 0 Å². The van der Waals surface area contributed by atoms with Gasteiger partial charge in [-0.25, -0.2) is 4.39 Å². The molecule has 1 aromatic rings. The minimum atomic E-state index is -0.178. The summed E-state index contributed by atoms with van der Waals surface area (Å²) in [6.45, 7) is 7.35. The highest BCUT2D eigenvalue weighted by Crippen LogP contribution is 2.31. The lowest BCUT2D eigenvalue weighted by Crippen LogP contribution is -2.41. The summed E-state index contributed by atoms with van der Waals surface area (Å²) in [6, 6.07) is 5.30. The molecule has 3 heteroatoms. The minimum Gasteiger partial charge on any atom is -0.385 e. The molecule has 0 aromatic heterocycles. The van der Waals surface area contributed by atoms with Gasteiger partial charge in [0.25, 0.3) is 0 Å². The normalized spacial score (nSPS) is 20.1. The smallest absolute Gasteiger partial charge is 0.125 e. The van der Waals surface area contributed by atoms with E-state index in [2.05, 4.69) is 31.4 Å². The molecule has 0 aliphatic carbocycles. The van der Waals surface area contributed by atoms with Crippen molar-refractivity contribution < 1.29 is 4.39 Å². The monoisotopic (exact) mass is 222 g/mol. The quantitative estimate of drug-likeness (QED) is 0.763. The fourth-order valence-electron chi connectivity index (χ4n) is 2.16. The van der Waals surface area contributed by atoms with Gasteiger partial charge < -0.3 is 10.6 Å². The molecule has 1 atom stereocenters. The summed E-state index contributed by atoms with van der Waals surface area (Å²) in [7, 11) is 0. The van der Waals surface area contributed by atoms with E-state index in [0.29, 0.717) is 6.04 Å². The first-order chi connectivity index (χ1) is 7.46. The number of halogens is 1. The van der Waals surface area contributed by atoms with Crippen LogP contribution in [0.2, 0.25) is 0 Å². The zero-order valence-corrected chi connectivity index (χ0v) is 10.1. The van der Waals surface area contributed by atoms with Crippen LogP contribution in [-0.2, 0) is 0 Å². The Balaban J connectivity index is 2.26. The van der Waals surface area contributed by atoms with Crippen LogP contribution in [0, 0.1) is 5.82 Å². The van der Waals surface area contributed by atoms with Gasteiger partial charge in [-0.15, -0.1) is 0 Å². The van der Waals surface area contributed by atoms with Gasteiger partial charge in [-0.1, -0.05) is 6.07 Å². The fourth-order valence-corrected chi connectivity index (χ4v) is 2.16. The molecule has 0 saturated heterocycles. The Morgan fingerprint density at radius 1 is 1.38 bits per heavy atom. The van der Waals surface area contributed by atoms with Crippen molar-refractivity contribution in [3.8, 4) is 0 Å². The topological polar surface area (TPSA) is 24.1 Å². The first-order valence-electron chi connectivity index (χ1n) is 5.77. The van der Waals surface area contributed by atoms with Crippen molar-refractivity contribution >= 4 is 5.69 Å². The molecule has 1 heterocycles. The van der Waals surface area contributed by atoms with Crippen LogP contribution in [0.25, 0.3) is 0 Å². The molecule has 1 aliphatic heterocycles. The fraction of sp³-hybridized carbons (Fsp3) is 0.538. The number of anilines is 1. The maximum absolute atomic E-state index is 13.1. The van der Waals surface area contributed by atoms with Gasteiger partial charge in [0.05, 0.1) is 0 Å². The van der Waals surface area contributed by atoms with E-state index >= 15 is 0 Å². The van der Waals surface area contributed by atoms with Crippen LogP contribution in [0.4, 0.5) is 10.1 Å². The Hall–Kier alpha value is -1.09. The Morgan fingerprint density at radius 3 is 2.81 bits per heavy atom. The van der Waals surface area contributed by atoms with E-state index in [1.54, 1.807) is 6.07 Å². The van der Waals surface area contributed by atoms with Gasteiger partial charge in [0.2, 0.25) is 0 Å². The molecule has 0 amide bonds. The van der Waals surface area contributed by atoms with Crippen LogP contribution in [-0.4, -0.2) is 12.1 Å². The minimum absolute atomic E-state index is 0.0770. The Bertz CT molecular complexity index is 382. The van der Waals surface area contributed by atoms with Gasteiger partial charge in [0.1, 0.15) is 5.82 Å². The highest BCUT2D eigenvalue weighted by Gasteiger charge is 2.23. The van der Waals surface area contributed by atoms with Crippen molar-refractivity contribution in [3.05, 3.63) is 29.6 Å². The summed E-state index contributed by atoms with van der Waals surface area (Å²) >= 11 is 0. The summed E-state index contributed by atoms with van der Waals surface area (Å²) in [5, 5.41) is 6.81. The molecule has 0 bridgehead atoms. The molecule has 0 saturated carbocycles. The molecule has 88 valence electrons. The van der Waals surface area contributed by atoms with Crippen molar-refractivity contribution in [3.63, 3.8) is 0 Å². The number of rotatable bonds is 1. The largest absolute Gasteiger partial charge is 0.385 e. The summed E-state index contributed by atoms with van der Waals surface area (Å²) in [6.07, 6.45) is 1.04. The SMILES string of the molecule is CC(C)(C)NC1CCNc2cc(F)ccc21. The molecule has 1 aromatic carbocycles. The molecule has 2 N–H and O–H groups in total. The van der Waals surface area contributed by atoms with Crippen molar-refractivity contribution in [2.45, 2.75) is 38.8 Å². The molecule has 16 heavy (non-hydrogen) atoms. The van der Waals surface area contributed by atoms with Gasteiger partial charge in [0, 0.05) is 23.8 Å². The van der Waals surface area contributed by atoms with Crippen LogP contribution >= 0.6 is 0 Å². The predicted octanol–water partition coefficient (Wildman–Crippen LogP) is 3.07. The summed E-state index contributed by atoms with van der Waals surface area (Å²) in [5.41, 5.74) is 2.17. The lowest BCUT2D eigenvalue weighted by atomic mass is 9.95. The lowest BCUT2D eigenvalue weighted by molar-refractivity contribution is 0.351. The third-order valence-electron chi connectivity index (χ3n) is 2.75. The summed E-state index contributed by atoms with van der Waals surface area (Å²) < 4.78 is 13.1. The zero-order valence-electron chi connectivity index (χ0n) is 10.1. The molecule has 0 fully saturated rings. The van der Waals surface area contributed by atoms with E-state index in [4.69, 9.17) is 0 Å². The van der Waals surface area contributed by atoms with Gasteiger partial charge in [-0.05, 0) is 44.9 Å². The van der Waals surface area contributed by atoms with Crippen molar-refractivity contribution in [2.75, 3.05) is 11.9 Å². The van der Waals surface area contributed by atoms with Crippen LogP contribution in [0.1, 0.15) is 38.8 Å². The number of hydrogen-bond donors (Lipinski definition) is 2. The van der Waals surface area contributed by atoms with Crippen LogP contribution in [0.3, 0.4) is 0 Å². The van der Waals surface area contributed by atoms with E-state index in [0.717, 1.165) is 18.7 Å². The second kappa shape index (κ2) is 4.06. The van der Waals surface area contributed by atoms with Crippen molar-refractivity contribution in [1.29, 1.82) is 0 Å². The number of fused-ring (bicyclic) bond motifs is 1. The summed E-state index contributed by atoms with van der Waals surface area (Å²) in [5.74, 6) is -0.178. The Kier molecular flexibility index (Phi) is 2.89. The van der Waals surface area contributed by atoms with Gasteiger partial charge in [-0.3, -0.25) is 0 Å². The van der Waals surface area contributed by atoms with Crippen LogP contribution in [0.5, 0.6) is 0 Å². The molecule has 1 unspecified atom stereocenters. The van der Waals surface area contributed by atoms with E-state index in [-0.39, 0.29) is 11.4 Å². The number of hydrogen-bond acceptors (Lipinski definition) is 2. The highest BCUT2D eigenvalue weighted by atomic mass is 19.1. The standard InChI is InChI=1S/C13H19FN2/c1-13(2,3)16-11-6-7-15-12-8-9(14)4-5-10(11)12/h4-5,8,11,15-16H,6-7H2,1-3H3. The Labute approximate surface area is 96.2 Å². The predicted molar refractivity (Wildman–Crippen MR) is 65.1 cm³/mol. The van der Waals surface area contributed by atoms with Gasteiger partial charge in [0.15, 0.2) is 0 Å². The van der Waals surface area contributed by atoms with Crippen LogP contribution < -0.4 is 10.6 Å². The number of nitrogens with one attached hydrogen (secondary N) is 2. The molecule has 2 nitrogen and oxygen atoms in total. The molecule has 0 radical (unpaired) electrons. The second-order valence-corrected chi connectivity index (χ2v) is 5.39. The summed E-state index contributed by atoms with van der Waals surface area (Å²) in [4.78, 5) is 0. The van der Waals surface area contributed by atoms with E-state index < -0.39 is 0 Å². The molecule has 1 aliphatic rings. The molecule has 0 spiro atoms.